The molecule has 4 aromatic rings. The number of carbonyl (C=O) groups is 2. The van der Waals surface area contributed by atoms with Crippen LogP contribution < -0.4 is 15.5 Å². The first-order valence-electron chi connectivity index (χ1n) is 10.4. The lowest BCUT2D eigenvalue weighted by atomic mass is 9.90. The average molecular weight is 431 g/mol. The maximum absolute atomic E-state index is 12.5. The monoisotopic (exact) mass is 430 g/mol. The van der Waals surface area contributed by atoms with E-state index in [2.05, 4.69) is 50.8 Å². The Balaban J connectivity index is 1.50. The van der Waals surface area contributed by atoms with Gasteiger partial charge in [0.2, 0.25) is 5.91 Å². The lowest BCUT2D eigenvalue weighted by Crippen LogP contribution is -2.38. The first-order chi connectivity index (χ1) is 15.5. The van der Waals surface area contributed by atoms with E-state index in [0.29, 0.717) is 12.1 Å². The highest BCUT2D eigenvalue weighted by Gasteiger charge is 2.19. The van der Waals surface area contributed by atoms with E-state index in [1.165, 1.54) is 12.5 Å². The summed E-state index contributed by atoms with van der Waals surface area (Å²) in [6, 6.07) is 18.0. The van der Waals surface area contributed by atoms with Crippen LogP contribution in [0.25, 0.3) is 10.9 Å². The lowest BCUT2D eigenvalue weighted by molar-refractivity contribution is -0.120. The molecular weight excluding hydrogens is 404 g/mol. The SMILES string of the molecule is CN(C)c1ccc(C(CNC(=O)CNC(=O)c2ccoc2)c2c[nH]c3ccccc23)cc1. The largest absolute Gasteiger partial charge is 0.472 e. The van der Waals surface area contributed by atoms with Crippen LogP contribution in [0.5, 0.6) is 0 Å². The predicted molar refractivity (Wildman–Crippen MR) is 125 cm³/mol. The second-order valence-electron chi connectivity index (χ2n) is 7.83. The topological polar surface area (TPSA) is 90.4 Å². The van der Waals surface area contributed by atoms with Gasteiger partial charge in [-0.15, -0.1) is 0 Å². The summed E-state index contributed by atoms with van der Waals surface area (Å²) in [6.45, 7) is 0.299. The van der Waals surface area contributed by atoms with Gasteiger partial charge in [0.05, 0.1) is 18.4 Å². The van der Waals surface area contributed by atoms with E-state index in [1.54, 1.807) is 6.07 Å². The van der Waals surface area contributed by atoms with E-state index in [4.69, 9.17) is 4.42 Å². The number of hydrogen-bond acceptors (Lipinski definition) is 4. The van der Waals surface area contributed by atoms with Gasteiger partial charge in [-0.3, -0.25) is 9.59 Å². The number of amides is 2. The van der Waals surface area contributed by atoms with Gasteiger partial charge in [-0.05, 0) is 35.4 Å². The number of para-hydroxylation sites is 1. The van der Waals surface area contributed by atoms with E-state index in [0.717, 1.165) is 27.7 Å². The smallest absolute Gasteiger partial charge is 0.254 e. The number of nitrogens with one attached hydrogen (secondary N) is 3. The van der Waals surface area contributed by atoms with Gasteiger partial charge < -0.3 is 24.9 Å². The molecule has 2 aromatic heterocycles. The summed E-state index contributed by atoms with van der Waals surface area (Å²) in [5.41, 5.74) is 4.76. The molecule has 0 saturated carbocycles. The minimum absolute atomic E-state index is 0.0455. The number of nitrogens with zero attached hydrogens (tertiary/aromatic N) is 1. The number of aromatic nitrogens is 1. The summed E-state index contributed by atoms with van der Waals surface area (Å²) in [4.78, 5) is 29.9. The van der Waals surface area contributed by atoms with Crippen LogP contribution in [-0.4, -0.2) is 44.0 Å². The van der Waals surface area contributed by atoms with Crippen molar-refractivity contribution in [3.05, 3.63) is 90.0 Å². The number of carbonyl (C=O) groups excluding carboxylic acids is 2. The number of fused-ring (bicyclic) bond motifs is 1. The second-order valence-corrected chi connectivity index (χ2v) is 7.83. The Morgan fingerprint density at radius 1 is 1.03 bits per heavy atom. The van der Waals surface area contributed by atoms with Crippen LogP contribution >= 0.6 is 0 Å². The Labute approximate surface area is 186 Å². The number of aromatic amines is 1. The average Bonchev–Trinajstić information content (AvgIpc) is 3.49. The summed E-state index contributed by atoms with van der Waals surface area (Å²) in [6.07, 6.45) is 4.77. The van der Waals surface area contributed by atoms with Crippen LogP contribution in [0, 0.1) is 0 Å². The van der Waals surface area contributed by atoms with Crippen molar-refractivity contribution >= 4 is 28.4 Å². The summed E-state index contributed by atoms with van der Waals surface area (Å²) >= 11 is 0. The second kappa shape index (κ2) is 9.43. The van der Waals surface area contributed by atoms with Gasteiger partial charge in [-0.2, -0.15) is 0 Å². The molecule has 3 N–H and O–H groups in total. The Bertz CT molecular complexity index is 1190. The van der Waals surface area contributed by atoms with Gasteiger partial charge in [0.1, 0.15) is 6.26 Å². The molecular formula is C25H26N4O3. The summed E-state index contributed by atoms with van der Waals surface area (Å²) in [7, 11) is 4.01. The third-order valence-corrected chi connectivity index (χ3v) is 5.50. The predicted octanol–water partition coefficient (Wildman–Crippen LogP) is 3.51. The number of H-pyrrole nitrogens is 1. The van der Waals surface area contributed by atoms with Crippen molar-refractivity contribution < 1.29 is 14.0 Å². The molecule has 0 radical (unpaired) electrons. The van der Waals surface area contributed by atoms with E-state index < -0.39 is 0 Å². The molecule has 2 aromatic carbocycles. The van der Waals surface area contributed by atoms with Gasteiger partial charge in [0, 0.05) is 49.3 Å². The van der Waals surface area contributed by atoms with Gasteiger partial charge in [0.15, 0.2) is 0 Å². The molecule has 0 aliphatic carbocycles. The fourth-order valence-electron chi connectivity index (χ4n) is 3.73. The van der Waals surface area contributed by atoms with Crippen molar-refractivity contribution in [3.63, 3.8) is 0 Å². The molecule has 164 valence electrons. The highest BCUT2D eigenvalue weighted by atomic mass is 16.3. The Hall–Kier alpha value is -4.00. The summed E-state index contributed by atoms with van der Waals surface area (Å²) in [5.74, 6) is -0.645. The van der Waals surface area contributed by atoms with Crippen molar-refractivity contribution in [2.75, 3.05) is 32.1 Å². The van der Waals surface area contributed by atoms with E-state index >= 15 is 0 Å². The molecule has 2 heterocycles. The van der Waals surface area contributed by atoms with Crippen molar-refractivity contribution in [1.82, 2.24) is 15.6 Å². The van der Waals surface area contributed by atoms with Crippen LogP contribution in [0.15, 0.2) is 77.7 Å². The minimum Gasteiger partial charge on any atom is -0.472 e. The standard InChI is InChI=1S/C25H26N4O3/c1-29(2)19-9-7-17(8-10-19)21(22-14-26-23-6-4-3-5-20(22)23)13-27-24(30)15-28-25(31)18-11-12-32-16-18/h3-12,14,16,21,26H,13,15H2,1-2H3,(H,27,30)(H,28,31). The minimum atomic E-state index is -0.346. The maximum Gasteiger partial charge on any atom is 0.254 e. The summed E-state index contributed by atoms with van der Waals surface area (Å²) in [5, 5.41) is 6.70. The number of benzene rings is 2. The Morgan fingerprint density at radius 2 is 1.81 bits per heavy atom. The number of anilines is 1. The first-order valence-corrected chi connectivity index (χ1v) is 10.4. The number of furan rings is 1. The molecule has 7 heteroatoms. The quantitative estimate of drug-likeness (QED) is 0.399. The van der Waals surface area contributed by atoms with Gasteiger partial charge in [-0.1, -0.05) is 30.3 Å². The highest BCUT2D eigenvalue weighted by Crippen LogP contribution is 2.31. The highest BCUT2D eigenvalue weighted by molar-refractivity contribution is 5.96. The van der Waals surface area contributed by atoms with Crippen LogP contribution in [0.4, 0.5) is 5.69 Å². The van der Waals surface area contributed by atoms with Crippen molar-refractivity contribution in [2.24, 2.45) is 0 Å². The molecule has 1 atom stereocenters. The molecule has 0 bridgehead atoms. The van der Waals surface area contributed by atoms with E-state index in [9.17, 15) is 9.59 Å². The number of hydrogen-bond donors (Lipinski definition) is 3. The maximum atomic E-state index is 12.5. The molecule has 1 unspecified atom stereocenters. The molecule has 2 amide bonds. The number of rotatable bonds is 8. The first kappa shape index (κ1) is 21.2. The van der Waals surface area contributed by atoms with Crippen LogP contribution in [0.2, 0.25) is 0 Å². The molecule has 0 saturated heterocycles. The Kier molecular flexibility index (Phi) is 6.26. The molecule has 0 aliphatic rings. The van der Waals surface area contributed by atoms with Crippen LogP contribution in [-0.2, 0) is 4.79 Å². The fourth-order valence-corrected chi connectivity index (χ4v) is 3.73. The van der Waals surface area contributed by atoms with Crippen molar-refractivity contribution in [3.8, 4) is 0 Å². The third kappa shape index (κ3) is 4.67. The molecule has 32 heavy (non-hydrogen) atoms. The van der Waals surface area contributed by atoms with Crippen molar-refractivity contribution in [1.29, 1.82) is 0 Å². The third-order valence-electron chi connectivity index (χ3n) is 5.50. The molecule has 4 rings (SSSR count). The van der Waals surface area contributed by atoms with Gasteiger partial charge in [0.25, 0.3) is 5.91 Å². The van der Waals surface area contributed by atoms with Gasteiger partial charge in [-0.25, -0.2) is 0 Å². The Morgan fingerprint density at radius 3 is 2.53 bits per heavy atom. The van der Waals surface area contributed by atoms with Crippen LogP contribution in [0.1, 0.15) is 27.4 Å². The van der Waals surface area contributed by atoms with Crippen LogP contribution in [0.3, 0.4) is 0 Å². The zero-order valence-corrected chi connectivity index (χ0v) is 18.1. The molecule has 0 fully saturated rings. The normalized spacial score (nSPS) is 11.8. The van der Waals surface area contributed by atoms with E-state index in [-0.39, 0.29) is 24.3 Å². The van der Waals surface area contributed by atoms with Crippen molar-refractivity contribution in [2.45, 2.75) is 5.92 Å². The molecule has 7 nitrogen and oxygen atoms in total. The fraction of sp³-hybridized carbons (Fsp3) is 0.200. The molecule has 0 spiro atoms. The van der Waals surface area contributed by atoms with E-state index in [1.807, 2.05) is 38.5 Å². The lowest BCUT2D eigenvalue weighted by Gasteiger charge is -2.20. The van der Waals surface area contributed by atoms with Gasteiger partial charge >= 0.3 is 0 Å². The molecule has 0 aliphatic heterocycles. The zero-order chi connectivity index (χ0) is 22.5. The summed E-state index contributed by atoms with van der Waals surface area (Å²) < 4.78 is 4.90. The zero-order valence-electron chi connectivity index (χ0n) is 18.1.